The maximum absolute atomic E-state index is 10.7. The van der Waals surface area contributed by atoms with Gasteiger partial charge in [0, 0.05) is 12.5 Å². The fourth-order valence-electron chi connectivity index (χ4n) is 4.88. The van der Waals surface area contributed by atoms with E-state index in [0.717, 1.165) is 25.8 Å². The van der Waals surface area contributed by atoms with Crippen molar-refractivity contribution in [2.24, 2.45) is 23.1 Å². The average Bonchev–Trinajstić information content (AvgIpc) is 3.06. The van der Waals surface area contributed by atoms with E-state index in [9.17, 15) is 9.90 Å². The van der Waals surface area contributed by atoms with Crippen molar-refractivity contribution in [3.63, 3.8) is 0 Å². The quantitative estimate of drug-likeness (QED) is 0.0392. The topological polar surface area (TPSA) is 136 Å². The molecule has 6 heteroatoms. The Hall–Kier alpha value is -0.950. The van der Waals surface area contributed by atoms with Gasteiger partial charge in [0.05, 0.1) is 12.1 Å². The Labute approximate surface area is 283 Å². The summed E-state index contributed by atoms with van der Waals surface area (Å²) in [4.78, 5) is 10.7. The summed E-state index contributed by atoms with van der Waals surface area (Å²) in [6.07, 6.45) is 35.6. The molecule has 6 nitrogen and oxygen atoms in total. The van der Waals surface area contributed by atoms with Crippen molar-refractivity contribution in [1.29, 1.82) is 0 Å². The molecule has 0 aliphatic carbocycles. The zero-order chi connectivity index (χ0) is 34.8. The van der Waals surface area contributed by atoms with E-state index in [-0.39, 0.29) is 18.4 Å². The van der Waals surface area contributed by atoms with Gasteiger partial charge in [0.25, 0.3) is 0 Å². The van der Waals surface area contributed by atoms with Gasteiger partial charge < -0.3 is 27.4 Å². The normalized spacial score (nSPS) is 12.7. The van der Waals surface area contributed by atoms with Crippen LogP contribution in [-0.2, 0) is 4.79 Å². The first-order chi connectivity index (χ1) is 21.9. The lowest BCUT2D eigenvalue weighted by Gasteiger charge is -2.11. The van der Waals surface area contributed by atoms with Crippen LogP contribution < -0.4 is 17.2 Å². The molecule has 0 aromatic carbocycles. The Morgan fingerprint density at radius 3 is 1.36 bits per heavy atom. The molecular formula is C39H85N3O3. The molecule has 0 rings (SSSR count). The standard InChI is InChI=1S/C19H39NO2.C16H34N2O.2C2H6/c1-18(17-21)19(22)15-13-11-9-7-5-3-2-4-6-8-10-12-14-16-20;1-2-3-4-5-6-7-8-9-10-11-12-13-14-15(17)16(18)19;2*1-2/h13,15,18-19,21-22H,2-12,14,16-17,20H2,1H3;15H,2-14,17H2,1H3,(H2,18,19);2*1-2H3/b15-13+;;;/t18?,19-;;;/m1.../s1. The molecule has 0 aromatic heterocycles. The molecular weight excluding hydrogens is 558 g/mol. The van der Waals surface area contributed by atoms with Crippen molar-refractivity contribution < 1.29 is 15.0 Å². The number of hydrogen-bond acceptors (Lipinski definition) is 5. The van der Waals surface area contributed by atoms with E-state index in [1.165, 1.54) is 141 Å². The van der Waals surface area contributed by atoms with Crippen LogP contribution in [0.2, 0.25) is 0 Å². The van der Waals surface area contributed by atoms with E-state index in [4.69, 9.17) is 22.3 Å². The van der Waals surface area contributed by atoms with Crippen molar-refractivity contribution in [3.8, 4) is 0 Å². The summed E-state index contributed by atoms with van der Waals surface area (Å²) < 4.78 is 0. The maximum Gasteiger partial charge on any atom is 0.234 e. The molecule has 0 spiro atoms. The number of allylic oxidation sites excluding steroid dienone is 1. The first-order valence-electron chi connectivity index (χ1n) is 19.6. The van der Waals surface area contributed by atoms with Crippen LogP contribution >= 0.6 is 0 Å². The summed E-state index contributed by atoms with van der Waals surface area (Å²) in [5, 5.41) is 18.6. The van der Waals surface area contributed by atoms with Crippen LogP contribution in [0.15, 0.2) is 12.2 Å². The molecule has 1 amide bonds. The Kier molecular flexibility index (Phi) is 53.7. The van der Waals surface area contributed by atoms with Crippen molar-refractivity contribution in [1.82, 2.24) is 0 Å². The third-order valence-electron chi connectivity index (χ3n) is 8.01. The number of primary amides is 1. The molecule has 45 heavy (non-hydrogen) atoms. The molecule has 0 saturated carbocycles. The number of rotatable bonds is 30. The molecule has 0 heterocycles. The van der Waals surface area contributed by atoms with Crippen LogP contribution in [0.5, 0.6) is 0 Å². The minimum absolute atomic E-state index is 0.0402. The molecule has 274 valence electrons. The predicted molar refractivity (Wildman–Crippen MR) is 201 cm³/mol. The van der Waals surface area contributed by atoms with Crippen molar-refractivity contribution >= 4 is 5.91 Å². The van der Waals surface area contributed by atoms with Crippen LogP contribution in [0.4, 0.5) is 0 Å². The van der Waals surface area contributed by atoms with E-state index in [1.54, 1.807) is 0 Å². The van der Waals surface area contributed by atoms with Crippen LogP contribution in [0.1, 0.15) is 202 Å². The number of unbranched alkanes of at least 4 members (excludes halogenated alkanes) is 22. The largest absolute Gasteiger partial charge is 0.396 e. The van der Waals surface area contributed by atoms with Gasteiger partial charge in [0.1, 0.15) is 0 Å². The lowest BCUT2D eigenvalue weighted by atomic mass is 10.0. The van der Waals surface area contributed by atoms with Crippen LogP contribution in [0.25, 0.3) is 0 Å². The van der Waals surface area contributed by atoms with Gasteiger partial charge in [-0.25, -0.2) is 0 Å². The van der Waals surface area contributed by atoms with Gasteiger partial charge in [-0.2, -0.15) is 0 Å². The molecule has 0 radical (unpaired) electrons. The highest BCUT2D eigenvalue weighted by molar-refractivity contribution is 5.79. The van der Waals surface area contributed by atoms with Gasteiger partial charge >= 0.3 is 0 Å². The molecule has 0 aromatic rings. The number of aliphatic hydroxyl groups is 2. The smallest absolute Gasteiger partial charge is 0.234 e. The number of nitrogens with two attached hydrogens (primary N) is 3. The minimum Gasteiger partial charge on any atom is -0.396 e. The van der Waals surface area contributed by atoms with Gasteiger partial charge in [0.15, 0.2) is 0 Å². The summed E-state index contributed by atoms with van der Waals surface area (Å²) in [6.45, 7) is 13.0. The van der Waals surface area contributed by atoms with Crippen molar-refractivity contribution in [2.75, 3.05) is 13.2 Å². The number of amides is 1. The lowest BCUT2D eigenvalue weighted by Crippen LogP contribution is -2.36. The second kappa shape index (κ2) is 47.5. The summed E-state index contributed by atoms with van der Waals surface area (Å²) in [5.41, 5.74) is 16.2. The highest BCUT2D eigenvalue weighted by atomic mass is 16.3. The molecule has 0 saturated heterocycles. The molecule has 2 unspecified atom stereocenters. The second-order valence-corrected chi connectivity index (χ2v) is 12.2. The Bertz CT molecular complexity index is 546. The monoisotopic (exact) mass is 644 g/mol. The van der Waals surface area contributed by atoms with E-state index < -0.39 is 12.1 Å². The SMILES string of the molecule is CC.CC.CC(CO)[C@H](O)/C=C/CCCCCCCCCCCCCN.CCCCCCCCCCCCCCC(N)C(N)=O. The van der Waals surface area contributed by atoms with E-state index in [2.05, 4.69) is 13.0 Å². The number of aliphatic hydroxyl groups excluding tert-OH is 2. The van der Waals surface area contributed by atoms with Gasteiger partial charge in [-0.15, -0.1) is 0 Å². The summed E-state index contributed by atoms with van der Waals surface area (Å²) in [7, 11) is 0. The van der Waals surface area contributed by atoms with Gasteiger partial charge in [-0.05, 0) is 32.2 Å². The molecule has 0 fully saturated rings. The Morgan fingerprint density at radius 2 is 1.00 bits per heavy atom. The fourth-order valence-corrected chi connectivity index (χ4v) is 4.88. The Balaban J connectivity index is -0.000000339. The van der Waals surface area contributed by atoms with E-state index in [1.807, 2.05) is 40.7 Å². The zero-order valence-corrected chi connectivity index (χ0v) is 31.5. The summed E-state index contributed by atoms with van der Waals surface area (Å²) >= 11 is 0. The van der Waals surface area contributed by atoms with Gasteiger partial charge in [-0.3, -0.25) is 4.79 Å². The molecule has 3 atom stereocenters. The van der Waals surface area contributed by atoms with E-state index >= 15 is 0 Å². The lowest BCUT2D eigenvalue weighted by molar-refractivity contribution is -0.119. The van der Waals surface area contributed by atoms with Crippen LogP contribution in [-0.4, -0.2) is 41.4 Å². The summed E-state index contributed by atoms with van der Waals surface area (Å²) in [5.74, 6) is -0.436. The summed E-state index contributed by atoms with van der Waals surface area (Å²) in [6, 6.07) is -0.442. The number of carbonyl (C=O) groups is 1. The first kappa shape index (κ1) is 50.9. The van der Waals surface area contributed by atoms with Crippen molar-refractivity contribution in [2.45, 2.75) is 214 Å². The third kappa shape index (κ3) is 47.6. The minimum atomic E-state index is -0.505. The van der Waals surface area contributed by atoms with Crippen molar-refractivity contribution in [3.05, 3.63) is 12.2 Å². The zero-order valence-electron chi connectivity index (χ0n) is 31.5. The molecule has 0 bridgehead atoms. The highest BCUT2D eigenvalue weighted by Gasteiger charge is 2.08. The number of carbonyl (C=O) groups excluding carboxylic acids is 1. The molecule has 0 aliphatic rings. The van der Waals surface area contributed by atoms with Gasteiger partial charge in [0.2, 0.25) is 5.91 Å². The predicted octanol–water partition coefficient (Wildman–Crippen LogP) is 10.1. The van der Waals surface area contributed by atoms with E-state index in [0.29, 0.717) is 0 Å². The molecule has 8 N–H and O–H groups in total. The first-order valence-corrected chi connectivity index (χ1v) is 19.6. The van der Waals surface area contributed by atoms with Gasteiger partial charge in [-0.1, -0.05) is 189 Å². The highest BCUT2D eigenvalue weighted by Crippen LogP contribution is 2.14. The van der Waals surface area contributed by atoms with Crippen LogP contribution in [0.3, 0.4) is 0 Å². The average molecular weight is 644 g/mol. The molecule has 0 aliphatic heterocycles. The third-order valence-corrected chi connectivity index (χ3v) is 8.01. The number of hydrogen-bond donors (Lipinski definition) is 5. The van der Waals surface area contributed by atoms with Crippen LogP contribution in [0, 0.1) is 5.92 Å². The maximum atomic E-state index is 10.7. The Morgan fingerprint density at radius 1 is 0.644 bits per heavy atom. The second-order valence-electron chi connectivity index (χ2n) is 12.2. The fraction of sp³-hybridized carbons (Fsp3) is 0.923.